The van der Waals surface area contributed by atoms with Crippen LogP contribution in [0.4, 0.5) is 11.5 Å². The number of anilines is 2. The number of aromatic nitrogens is 3. The Morgan fingerprint density at radius 2 is 1.66 bits per heavy atom. The molecule has 1 unspecified atom stereocenters. The van der Waals surface area contributed by atoms with Crippen LogP contribution in [0, 0.1) is 0 Å². The van der Waals surface area contributed by atoms with E-state index in [0.29, 0.717) is 0 Å². The van der Waals surface area contributed by atoms with Crippen LogP contribution in [-0.2, 0) is 6.42 Å². The minimum absolute atomic E-state index is 0.0278. The molecule has 2 aromatic heterocycles. The van der Waals surface area contributed by atoms with E-state index >= 15 is 0 Å². The van der Waals surface area contributed by atoms with Gasteiger partial charge >= 0.3 is 0 Å². The summed E-state index contributed by atoms with van der Waals surface area (Å²) >= 11 is 5.08. The van der Waals surface area contributed by atoms with Crippen LogP contribution in [-0.4, -0.2) is 32.4 Å². The van der Waals surface area contributed by atoms with E-state index in [1.165, 1.54) is 17.5 Å². The fraction of sp³-hybridized carbons (Fsp3) is 0.111. The SMILES string of the molecule is OCC(Cc1ccccc1)NSc1ccc(Nc2cc(-c3ccccc3)nc3c(Br)cnn23)cc1. The monoisotopic (exact) mass is 545 g/mol. The molecule has 2 heterocycles. The van der Waals surface area contributed by atoms with Crippen molar-refractivity contribution in [2.24, 2.45) is 0 Å². The third-order valence-electron chi connectivity index (χ3n) is 5.51. The number of nitrogens with zero attached hydrogens (tertiary/aromatic N) is 3. The Morgan fingerprint density at radius 1 is 0.943 bits per heavy atom. The highest BCUT2D eigenvalue weighted by molar-refractivity contribution is 9.10. The molecule has 6 nitrogen and oxygen atoms in total. The van der Waals surface area contributed by atoms with Gasteiger partial charge in [0.05, 0.1) is 23.0 Å². The fourth-order valence-corrected chi connectivity index (χ4v) is 4.81. The van der Waals surface area contributed by atoms with E-state index in [1.54, 1.807) is 10.7 Å². The summed E-state index contributed by atoms with van der Waals surface area (Å²) in [6.45, 7) is 0.0722. The van der Waals surface area contributed by atoms with Crippen LogP contribution in [0.25, 0.3) is 16.9 Å². The zero-order valence-corrected chi connectivity index (χ0v) is 21.2. The number of benzene rings is 3. The van der Waals surface area contributed by atoms with Crippen LogP contribution in [0.1, 0.15) is 5.56 Å². The van der Waals surface area contributed by atoms with Crippen molar-refractivity contribution in [3.05, 3.63) is 107 Å². The molecule has 0 bridgehead atoms. The molecule has 0 aliphatic carbocycles. The first-order chi connectivity index (χ1) is 17.2. The molecule has 1 atom stereocenters. The minimum Gasteiger partial charge on any atom is -0.395 e. The number of nitrogens with one attached hydrogen (secondary N) is 2. The first kappa shape index (κ1) is 23.6. The van der Waals surface area contributed by atoms with E-state index in [1.807, 2.05) is 78.9 Å². The Kier molecular flexibility index (Phi) is 7.44. The largest absolute Gasteiger partial charge is 0.395 e. The summed E-state index contributed by atoms with van der Waals surface area (Å²) in [6.07, 6.45) is 2.52. The van der Waals surface area contributed by atoms with E-state index in [2.05, 4.69) is 43.2 Å². The quantitative estimate of drug-likeness (QED) is 0.194. The first-order valence-electron chi connectivity index (χ1n) is 11.2. The van der Waals surface area contributed by atoms with Gasteiger partial charge in [-0.2, -0.15) is 9.61 Å². The van der Waals surface area contributed by atoms with Gasteiger partial charge in [-0.3, -0.25) is 4.72 Å². The molecule has 3 N–H and O–H groups in total. The lowest BCUT2D eigenvalue weighted by molar-refractivity contribution is 0.258. The third kappa shape index (κ3) is 5.74. The highest BCUT2D eigenvalue weighted by Gasteiger charge is 2.12. The standard InChI is InChI=1S/C27H24BrN5OS/c28-24-17-29-33-26(16-25(31-27(24)33)20-9-5-2-6-10-20)30-21-11-13-23(14-12-21)35-32-22(18-34)15-19-7-3-1-4-8-19/h1-14,16-17,22,30,32,34H,15,18H2. The van der Waals surface area contributed by atoms with Gasteiger partial charge in [0.2, 0.25) is 0 Å². The average Bonchev–Trinajstić information content (AvgIpc) is 3.29. The summed E-state index contributed by atoms with van der Waals surface area (Å²) in [5, 5.41) is 17.7. The second-order valence-electron chi connectivity index (χ2n) is 8.06. The fourth-order valence-electron chi connectivity index (χ4n) is 3.73. The topological polar surface area (TPSA) is 74.5 Å². The van der Waals surface area contributed by atoms with Crippen molar-refractivity contribution < 1.29 is 5.11 Å². The van der Waals surface area contributed by atoms with E-state index in [9.17, 15) is 5.11 Å². The molecule has 5 rings (SSSR count). The van der Waals surface area contributed by atoms with E-state index < -0.39 is 0 Å². The van der Waals surface area contributed by atoms with E-state index in [4.69, 9.17) is 4.98 Å². The Bertz CT molecular complexity index is 1390. The van der Waals surface area contributed by atoms with Crippen molar-refractivity contribution in [1.82, 2.24) is 19.3 Å². The number of aliphatic hydroxyl groups excluding tert-OH is 1. The normalized spacial score (nSPS) is 12.1. The number of rotatable bonds is 9. The lowest BCUT2D eigenvalue weighted by atomic mass is 10.1. The van der Waals surface area contributed by atoms with Crippen molar-refractivity contribution in [3.63, 3.8) is 0 Å². The molecule has 0 fully saturated rings. The predicted octanol–water partition coefficient (Wildman–Crippen LogP) is 6.10. The number of hydrogen-bond acceptors (Lipinski definition) is 6. The maximum absolute atomic E-state index is 9.76. The lowest BCUT2D eigenvalue weighted by Crippen LogP contribution is -2.29. The maximum atomic E-state index is 9.76. The van der Waals surface area contributed by atoms with Gasteiger partial charge in [-0.05, 0) is 64.1 Å². The van der Waals surface area contributed by atoms with Crippen molar-refractivity contribution in [1.29, 1.82) is 0 Å². The molecule has 5 aromatic rings. The van der Waals surface area contributed by atoms with Gasteiger partial charge in [-0.1, -0.05) is 60.7 Å². The van der Waals surface area contributed by atoms with Gasteiger partial charge < -0.3 is 10.4 Å². The number of fused-ring (bicyclic) bond motifs is 1. The van der Waals surface area contributed by atoms with Crippen molar-refractivity contribution >= 4 is 45.0 Å². The van der Waals surface area contributed by atoms with E-state index in [0.717, 1.165) is 44.2 Å². The molecule has 176 valence electrons. The smallest absolute Gasteiger partial charge is 0.172 e. The van der Waals surface area contributed by atoms with Gasteiger partial charge in [0.15, 0.2) is 5.65 Å². The van der Waals surface area contributed by atoms with Crippen LogP contribution in [0.3, 0.4) is 0 Å². The van der Waals surface area contributed by atoms with Crippen molar-refractivity contribution in [2.75, 3.05) is 11.9 Å². The highest BCUT2D eigenvalue weighted by atomic mass is 79.9. The zero-order chi connectivity index (χ0) is 24.0. The molecule has 0 aliphatic rings. The van der Waals surface area contributed by atoms with Gasteiger partial charge in [0.25, 0.3) is 0 Å². The molecule has 0 saturated carbocycles. The van der Waals surface area contributed by atoms with Crippen LogP contribution in [0.5, 0.6) is 0 Å². The van der Waals surface area contributed by atoms with Crippen LogP contribution in [0.2, 0.25) is 0 Å². The Balaban J connectivity index is 1.30. The molecule has 35 heavy (non-hydrogen) atoms. The van der Waals surface area contributed by atoms with Gasteiger partial charge in [0, 0.05) is 28.3 Å². The predicted molar refractivity (Wildman–Crippen MR) is 146 cm³/mol. The first-order valence-corrected chi connectivity index (χ1v) is 12.8. The summed E-state index contributed by atoms with van der Waals surface area (Å²) in [5.74, 6) is 0.821. The second-order valence-corrected chi connectivity index (χ2v) is 9.82. The average molecular weight is 546 g/mol. The lowest BCUT2D eigenvalue weighted by Gasteiger charge is -2.16. The molecular weight excluding hydrogens is 522 g/mol. The van der Waals surface area contributed by atoms with Gasteiger partial charge in [0.1, 0.15) is 5.82 Å². The van der Waals surface area contributed by atoms with Crippen LogP contribution < -0.4 is 10.0 Å². The molecule has 3 aromatic carbocycles. The summed E-state index contributed by atoms with van der Waals surface area (Å²) in [4.78, 5) is 5.85. The number of halogens is 1. The summed E-state index contributed by atoms with van der Waals surface area (Å²) in [7, 11) is 0. The summed E-state index contributed by atoms with van der Waals surface area (Å²) < 4.78 is 6.00. The molecule has 0 spiro atoms. The number of aliphatic hydroxyl groups is 1. The zero-order valence-electron chi connectivity index (χ0n) is 18.8. The Labute approximate surface area is 216 Å². The second kappa shape index (κ2) is 11.0. The van der Waals surface area contributed by atoms with Crippen LogP contribution >= 0.6 is 27.9 Å². The molecule has 0 amide bonds. The minimum atomic E-state index is -0.0278. The maximum Gasteiger partial charge on any atom is 0.172 e. The molecule has 8 heteroatoms. The third-order valence-corrected chi connectivity index (χ3v) is 7.03. The molecule has 0 aliphatic heterocycles. The summed E-state index contributed by atoms with van der Waals surface area (Å²) in [5.41, 5.74) is 4.79. The van der Waals surface area contributed by atoms with Gasteiger partial charge in [-0.15, -0.1) is 0 Å². The Morgan fingerprint density at radius 3 is 2.37 bits per heavy atom. The van der Waals surface area contributed by atoms with E-state index in [-0.39, 0.29) is 12.6 Å². The van der Waals surface area contributed by atoms with Gasteiger partial charge in [-0.25, -0.2) is 4.98 Å². The molecule has 0 radical (unpaired) electrons. The number of hydrogen-bond donors (Lipinski definition) is 3. The molecule has 0 saturated heterocycles. The molecular formula is C27H24BrN5OS. The van der Waals surface area contributed by atoms with Crippen molar-refractivity contribution in [2.45, 2.75) is 17.4 Å². The van der Waals surface area contributed by atoms with Crippen molar-refractivity contribution in [3.8, 4) is 11.3 Å². The Hall–Kier alpha value is -3.17. The van der Waals surface area contributed by atoms with Crippen LogP contribution in [0.15, 0.2) is 107 Å². The highest BCUT2D eigenvalue weighted by Crippen LogP contribution is 2.28. The summed E-state index contributed by atoms with van der Waals surface area (Å²) in [6, 6.07) is 30.4.